The Morgan fingerprint density at radius 2 is 2.05 bits per heavy atom. The molecule has 0 amide bonds. The molecule has 0 aliphatic carbocycles. The molecule has 1 aromatic rings. The first-order chi connectivity index (χ1) is 10.3. The molecule has 1 N–H and O–H groups in total. The Hall–Kier alpha value is -0.940. The van der Waals surface area contributed by atoms with Crippen molar-refractivity contribution in [1.82, 2.24) is 25.0 Å². The normalized spacial score (nSPS) is 29.7. The van der Waals surface area contributed by atoms with Crippen molar-refractivity contribution in [1.29, 1.82) is 0 Å². The molecule has 1 aromatic heterocycles. The van der Waals surface area contributed by atoms with Crippen LogP contribution in [0.1, 0.15) is 51.3 Å². The number of fused-ring (bicyclic) bond motifs is 2. The average molecular weight is 291 g/mol. The van der Waals surface area contributed by atoms with Gasteiger partial charge in [0.25, 0.3) is 0 Å². The zero-order valence-electron chi connectivity index (χ0n) is 13.5. The molecule has 2 aliphatic heterocycles. The number of piperidine rings is 2. The summed E-state index contributed by atoms with van der Waals surface area (Å²) in [6, 6.07) is 2.30. The van der Waals surface area contributed by atoms with Crippen LogP contribution in [0, 0.1) is 0 Å². The van der Waals surface area contributed by atoms with Crippen LogP contribution < -0.4 is 5.32 Å². The predicted molar refractivity (Wildman–Crippen MR) is 84.2 cm³/mol. The molecule has 0 spiro atoms. The van der Waals surface area contributed by atoms with Gasteiger partial charge in [-0.05, 0) is 38.6 Å². The molecule has 0 aromatic carbocycles. The smallest absolute Gasteiger partial charge is 0.133 e. The van der Waals surface area contributed by atoms with Crippen molar-refractivity contribution in [3.05, 3.63) is 12.2 Å². The van der Waals surface area contributed by atoms with Crippen LogP contribution in [-0.4, -0.2) is 50.9 Å². The summed E-state index contributed by atoms with van der Waals surface area (Å²) >= 11 is 0. The largest absolute Gasteiger partial charge is 0.321 e. The summed E-state index contributed by atoms with van der Waals surface area (Å²) in [5.41, 5.74) is 0. The number of nitrogens with zero attached hydrogens (tertiary/aromatic N) is 4. The van der Waals surface area contributed by atoms with Gasteiger partial charge < -0.3 is 9.88 Å². The van der Waals surface area contributed by atoms with Gasteiger partial charge in [-0.1, -0.05) is 13.3 Å². The first-order valence-corrected chi connectivity index (χ1v) is 8.60. The van der Waals surface area contributed by atoms with Crippen molar-refractivity contribution in [2.45, 2.75) is 70.0 Å². The van der Waals surface area contributed by atoms with Crippen LogP contribution >= 0.6 is 0 Å². The molecule has 5 heteroatoms. The van der Waals surface area contributed by atoms with E-state index in [1.807, 2.05) is 11.6 Å². The maximum absolute atomic E-state index is 4.22. The Balaban J connectivity index is 1.57. The van der Waals surface area contributed by atoms with E-state index in [0.717, 1.165) is 36.9 Å². The second kappa shape index (κ2) is 6.88. The van der Waals surface area contributed by atoms with Crippen molar-refractivity contribution < 1.29 is 0 Å². The highest BCUT2D eigenvalue weighted by Gasteiger charge is 2.37. The summed E-state index contributed by atoms with van der Waals surface area (Å²) in [5.74, 6) is 1.11. The first kappa shape index (κ1) is 15.0. The van der Waals surface area contributed by atoms with Gasteiger partial charge >= 0.3 is 0 Å². The second-order valence-corrected chi connectivity index (χ2v) is 6.71. The Bertz CT molecular complexity index is 430. The van der Waals surface area contributed by atoms with Crippen LogP contribution in [0.5, 0.6) is 0 Å². The van der Waals surface area contributed by atoms with Gasteiger partial charge in [0.1, 0.15) is 12.2 Å². The molecule has 2 bridgehead atoms. The molecule has 2 saturated heterocycles. The third kappa shape index (κ3) is 3.46. The van der Waals surface area contributed by atoms with Gasteiger partial charge in [0.05, 0.1) is 0 Å². The molecule has 21 heavy (non-hydrogen) atoms. The number of aryl methyl sites for hydroxylation is 1. The van der Waals surface area contributed by atoms with Crippen LogP contribution in [0.15, 0.2) is 6.33 Å². The number of hydrogen-bond acceptors (Lipinski definition) is 4. The Labute approximate surface area is 128 Å². The van der Waals surface area contributed by atoms with E-state index in [1.165, 1.54) is 45.1 Å². The highest BCUT2D eigenvalue weighted by molar-refractivity contribution is 4.96. The predicted octanol–water partition coefficient (Wildman–Crippen LogP) is 1.74. The fraction of sp³-hybridized carbons (Fsp3) is 0.875. The van der Waals surface area contributed by atoms with E-state index in [4.69, 9.17) is 0 Å². The monoisotopic (exact) mass is 291 g/mol. The number of rotatable bonds is 6. The van der Waals surface area contributed by atoms with E-state index in [1.54, 1.807) is 6.33 Å². The van der Waals surface area contributed by atoms with Crippen LogP contribution in [0.3, 0.4) is 0 Å². The molecule has 2 atom stereocenters. The minimum absolute atomic E-state index is 0.742. The molecular formula is C16H29N5. The second-order valence-electron chi connectivity index (χ2n) is 6.71. The van der Waals surface area contributed by atoms with Crippen LogP contribution in [0.25, 0.3) is 0 Å². The minimum atomic E-state index is 0.742. The van der Waals surface area contributed by atoms with Crippen molar-refractivity contribution >= 4 is 0 Å². The summed E-state index contributed by atoms with van der Waals surface area (Å²) in [4.78, 5) is 2.77. The fourth-order valence-electron chi connectivity index (χ4n) is 4.12. The average Bonchev–Trinajstić information content (AvgIpc) is 2.88. The van der Waals surface area contributed by atoms with Crippen molar-refractivity contribution in [3.63, 3.8) is 0 Å². The molecular weight excluding hydrogens is 262 g/mol. The van der Waals surface area contributed by atoms with E-state index in [-0.39, 0.29) is 0 Å². The maximum atomic E-state index is 4.22. The minimum Gasteiger partial charge on any atom is -0.321 e. The Morgan fingerprint density at radius 1 is 1.29 bits per heavy atom. The Morgan fingerprint density at radius 3 is 2.67 bits per heavy atom. The standard InChI is InChI=1S/C16H29N5/c1-3-8-17-13-10-14-5-4-6-15(11-13)21(14)9-7-16-19-18-12-20(16)2/h12-15,17H,3-11H2,1-2H3. The zero-order chi connectivity index (χ0) is 14.7. The molecule has 3 heterocycles. The van der Waals surface area contributed by atoms with E-state index in [0.29, 0.717) is 0 Å². The lowest BCUT2D eigenvalue weighted by molar-refractivity contribution is 0.0252. The van der Waals surface area contributed by atoms with Crippen molar-refractivity contribution in [2.75, 3.05) is 13.1 Å². The number of aromatic nitrogens is 3. The summed E-state index contributed by atoms with van der Waals surface area (Å²) in [6.07, 6.45) is 10.9. The SMILES string of the molecule is CCCNC1CC2CCCC(C1)N2CCc1nncn1C. The summed E-state index contributed by atoms with van der Waals surface area (Å²) < 4.78 is 2.05. The Kier molecular flexibility index (Phi) is 4.91. The van der Waals surface area contributed by atoms with Gasteiger partial charge in [-0.15, -0.1) is 10.2 Å². The first-order valence-electron chi connectivity index (χ1n) is 8.60. The molecule has 118 valence electrons. The lowest BCUT2D eigenvalue weighted by atomic mass is 9.81. The quantitative estimate of drug-likeness (QED) is 0.867. The highest BCUT2D eigenvalue weighted by atomic mass is 15.3. The molecule has 5 nitrogen and oxygen atoms in total. The van der Waals surface area contributed by atoms with Gasteiger partial charge in [-0.25, -0.2) is 0 Å². The molecule has 0 saturated carbocycles. The molecule has 2 aliphatic rings. The zero-order valence-corrected chi connectivity index (χ0v) is 13.5. The van der Waals surface area contributed by atoms with Gasteiger partial charge in [-0.3, -0.25) is 4.90 Å². The van der Waals surface area contributed by atoms with Crippen molar-refractivity contribution in [2.24, 2.45) is 7.05 Å². The van der Waals surface area contributed by atoms with E-state index < -0.39 is 0 Å². The van der Waals surface area contributed by atoms with E-state index in [9.17, 15) is 0 Å². The van der Waals surface area contributed by atoms with Gasteiger partial charge in [-0.2, -0.15) is 0 Å². The summed E-state index contributed by atoms with van der Waals surface area (Å²) in [5, 5.41) is 12.0. The molecule has 3 rings (SSSR count). The topological polar surface area (TPSA) is 46.0 Å². The molecule has 2 fully saturated rings. The van der Waals surface area contributed by atoms with Gasteiger partial charge in [0, 0.05) is 38.1 Å². The summed E-state index contributed by atoms with van der Waals surface area (Å²) in [6.45, 7) is 4.56. The lowest BCUT2D eigenvalue weighted by Gasteiger charge is -2.49. The maximum Gasteiger partial charge on any atom is 0.133 e. The van der Waals surface area contributed by atoms with E-state index >= 15 is 0 Å². The number of hydrogen-bond donors (Lipinski definition) is 1. The highest BCUT2D eigenvalue weighted by Crippen LogP contribution is 2.34. The number of nitrogens with one attached hydrogen (secondary N) is 1. The van der Waals surface area contributed by atoms with Crippen LogP contribution in [-0.2, 0) is 13.5 Å². The van der Waals surface area contributed by atoms with Gasteiger partial charge in [0.15, 0.2) is 0 Å². The lowest BCUT2D eigenvalue weighted by Crippen LogP contribution is -2.56. The molecule has 2 unspecified atom stereocenters. The van der Waals surface area contributed by atoms with Crippen molar-refractivity contribution in [3.8, 4) is 0 Å². The van der Waals surface area contributed by atoms with Crippen LogP contribution in [0.2, 0.25) is 0 Å². The van der Waals surface area contributed by atoms with E-state index in [2.05, 4.69) is 27.3 Å². The third-order valence-corrected chi connectivity index (χ3v) is 5.21. The molecule has 0 radical (unpaired) electrons. The van der Waals surface area contributed by atoms with Crippen LogP contribution in [0.4, 0.5) is 0 Å². The summed E-state index contributed by atoms with van der Waals surface area (Å²) in [7, 11) is 2.04. The fourth-order valence-corrected chi connectivity index (χ4v) is 4.12. The van der Waals surface area contributed by atoms with Gasteiger partial charge in [0.2, 0.25) is 0 Å². The third-order valence-electron chi connectivity index (χ3n) is 5.21.